The minimum Gasteiger partial charge on any atom is -0.370 e. The first-order chi connectivity index (χ1) is 22.5. The number of aromatic nitrogens is 4. The summed E-state index contributed by atoms with van der Waals surface area (Å²) in [5, 5.41) is 16.1. The molecule has 3 heterocycles. The number of aromatic amines is 1. The van der Waals surface area contributed by atoms with Crippen LogP contribution in [0.15, 0.2) is 36.7 Å². The number of imidazole rings is 1. The third-order valence-corrected chi connectivity index (χ3v) is 10.4. The Bertz CT molecular complexity index is 1830. The topological polar surface area (TPSA) is 120 Å². The molecule has 47 heavy (non-hydrogen) atoms. The Hall–Kier alpha value is -3.97. The summed E-state index contributed by atoms with van der Waals surface area (Å²) in [6.45, 7) is 1.85. The number of H-pyrrole nitrogens is 1. The number of carbonyl (C=O) groups excluding carboxylic acids is 2. The van der Waals surface area contributed by atoms with Crippen molar-refractivity contribution >= 4 is 63.4 Å². The second-order valence-corrected chi connectivity index (χ2v) is 13.6. The van der Waals surface area contributed by atoms with Gasteiger partial charge in [-0.05, 0) is 67.7 Å². The van der Waals surface area contributed by atoms with Crippen LogP contribution in [0.1, 0.15) is 58.4 Å². The number of piperidine rings is 1. The predicted molar refractivity (Wildman–Crippen MR) is 173 cm³/mol. The van der Waals surface area contributed by atoms with E-state index in [1.165, 1.54) is 18.8 Å². The molecule has 4 aromatic rings. The van der Waals surface area contributed by atoms with E-state index in [0.29, 0.717) is 55.7 Å². The van der Waals surface area contributed by atoms with E-state index in [9.17, 15) is 22.8 Å². The maximum absolute atomic E-state index is 13.7. The molecule has 3 fully saturated rings. The number of rotatable bonds is 8. The lowest BCUT2D eigenvalue weighted by molar-refractivity contribution is -0.182. The second-order valence-electron chi connectivity index (χ2n) is 12.8. The Balaban J connectivity index is 1.14. The van der Waals surface area contributed by atoms with Crippen molar-refractivity contribution in [1.29, 1.82) is 0 Å². The molecule has 2 atom stereocenters. The van der Waals surface area contributed by atoms with Gasteiger partial charge in [-0.1, -0.05) is 29.3 Å². The van der Waals surface area contributed by atoms with E-state index in [2.05, 4.69) is 31.0 Å². The van der Waals surface area contributed by atoms with Gasteiger partial charge in [0.1, 0.15) is 0 Å². The molecule has 0 spiro atoms. The summed E-state index contributed by atoms with van der Waals surface area (Å²) in [6.07, 6.45) is 0.485. The number of aryl methyl sites for hydroxylation is 1. The van der Waals surface area contributed by atoms with E-state index in [1.54, 1.807) is 18.2 Å². The van der Waals surface area contributed by atoms with Crippen LogP contribution >= 0.6 is 23.2 Å². The first-order valence-corrected chi connectivity index (χ1v) is 16.4. The first kappa shape index (κ1) is 31.6. The summed E-state index contributed by atoms with van der Waals surface area (Å²) in [5.41, 5.74) is 4.01. The standard InChI is InChI=1S/C32H33Cl2F3N8O2/c1-44-26-10-25(45-14-17-8-18(17)15-45)22(30(47)41-21-5-3-20(4-6-21)32(35,36)37)9-24(26)42-31(44)43-28-23(33)7-2-16(27(28)34)11-38-29(46)19-12-39-40-13-19/h2,7,9-10,12-13,17-18,20-21H,3-6,8,11,14-15H2,1H3,(H,38,46)(H,39,40)(H,41,47)(H,42,43). The van der Waals surface area contributed by atoms with Crippen molar-refractivity contribution in [2.75, 3.05) is 23.3 Å². The monoisotopic (exact) mass is 688 g/mol. The lowest BCUT2D eigenvalue weighted by Crippen LogP contribution is -2.40. The smallest absolute Gasteiger partial charge is 0.370 e. The zero-order chi connectivity index (χ0) is 33.0. The molecule has 3 aliphatic rings. The van der Waals surface area contributed by atoms with Crippen molar-refractivity contribution in [2.24, 2.45) is 24.8 Å². The Morgan fingerprint density at radius 2 is 1.81 bits per heavy atom. The fraction of sp³-hybridized carbons (Fsp3) is 0.438. The van der Waals surface area contributed by atoms with E-state index in [1.807, 2.05) is 17.7 Å². The highest BCUT2D eigenvalue weighted by molar-refractivity contribution is 6.39. The zero-order valence-electron chi connectivity index (χ0n) is 25.4. The summed E-state index contributed by atoms with van der Waals surface area (Å²) in [6, 6.07) is 6.80. The van der Waals surface area contributed by atoms with Crippen molar-refractivity contribution < 1.29 is 22.8 Å². The lowest BCUT2D eigenvalue weighted by Gasteiger charge is -2.31. The molecule has 248 valence electrons. The summed E-state index contributed by atoms with van der Waals surface area (Å²) in [4.78, 5) is 33.1. The van der Waals surface area contributed by atoms with Crippen LogP contribution in [0.4, 0.5) is 30.5 Å². The lowest BCUT2D eigenvalue weighted by atomic mass is 9.85. The largest absolute Gasteiger partial charge is 0.391 e. The Kier molecular flexibility index (Phi) is 8.23. The highest BCUT2D eigenvalue weighted by atomic mass is 35.5. The van der Waals surface area contributed by atoms with Gasteiger partial charge in [-0.15, -0.1) is 0 Å². The van der Waals surface area contributed by atoms with Crippen LogP contribution in [0.5, 0.6) is 0 Å². The molecule has 2 aromatic carbocycles. The van der Waals surface area contributed by atoms with Crippen molar-refractivity contribution in [3.05, 3.63) is 63.4 Å². The fourth-order valence-electron chi connectivity index (χ4n) is 6.82. The van der Waals surface area contributed by atoms with Crippen molar-refractivity contribution in [2.45, 2.75) is 50.9 Å². The highest BCUT2D eigenvalue weighted by Gasteiger charge is 2.46. The number of benzene rings is 2. The van der Waals surface area contributed by atoms with Crippen molar-refractivity contribution in [3.8, 4) is 0 Å². The van der Waals surface area contributed by atoms with Gasteiger partial charge in [0.2, 0.25) is 5.95 Å². The quantitative estimate of drug-likeness (QED) is 0.166. The molecule has 2 aliphatic carbocycles. The van der Waals surface area contributed by atoms with E-state index in [0.717, 1.165) is 24.3 Å². The Morgan fingerprint density at radius 3 is 2.49 bits per heavy atom. The van der Waals surface area contributed by atoms with Gasteiger partial charge in [0, 0.05) is 38.9 Å². The molecule has 1 aliphatic heterocycles. The van der Waals surface area contributed by atoms with Crippen LogP contribution in [-0.4, -0.2) is 56.9 Å². The van der Waals surface area contributed by atoms with Crippen LogP contribution in [0, 0.1) is 17.8 Å². The number of fused-ring (bicyclic) bond motifs is 2. The summed E-state index contributed by atoms with van der Waals surface area (Å²) in [5.74, 6) is -0.277. The molecule has 2 aromatic heterocycles. The SMILES string of the molecule is Cn1c(Nc2c(Cl)ccc(CNC(=O)c3cn[nH]c3)c2Cl)nc2cc(C(=O)NC3CCC(C(F)(F)F)CC3)c(N3CC4CC4C3)cc21. The van der Waals surface area contributed by atoms with Crippen LogP contribution in [0.3, 0.4) is 0 Å². The van der Waals surface area contributed by atoms with Gasteiger partial charge in [-0.25, -0.2) is 4.98 Å². The average Bonchev–Trinajstić information content (AvgIpc) is 3.38. The number of alkyl halides is 3. The number of hydrogen-bond acceptors (Lipinski definition) is 6. The summed E-state index contributed by atoms with van der Waals surface area (Å²) < 4.78 is 41.5. The number of nitrogens with one attached hydrogen (secondary N) is 4. The van der Waals surface area contributed by atoms with E-state index >= 15 is 0 Å². The van der Waals surface area contributed by atoms with Crippen LogP contribution < -0.4 is 20.9 Å². The van der Waals surface area contributed by atoms with Gasteiger partial charge in [0.25, 0.3) is 11.8 Å². The van der Waals surface area contributed by atoms with Crippen LogP contribution in [0.25, 0.3) is 11.0 Å². The molecule has 0 radical (unpaired) electrons. The molecule has 7 rings (SSSR count). The first-order valence-electron chi connectivity index (χ1n) is 15.6. The molecule has 1 saturated heterocycles. The van der Waals surface area contributed by atoms with Crippen LogP contribution in [-0.2, 0) is 13.6 Å². The van der Waals surface area contributed by atoms with Gasteiger partial charge in [-0.3, -0.25) is 14.7 Å². The fourth-order valence-corrected chi connectivity index (χ4v) is 7.35. The molecule has 15 heteroatoms. The number of halogens is 5. The van der Waals surface area contributed by atoms with E-state index < -0.39 is 12.1 Å². The number of nitrogens with zero attached hydrogens (tertiary/aromatic N) is 4. The maximum Gasteiger partial charge on any atom is 0.391 e. The zero-order valence-corrected chi connectivity index (χ0v) is 26.9. The molecule has 4 N–H and O–H groups in total. The summed E-state index contributed by atoms with van der Waals surface area (Å²) >= 11 is 13.3. The van der Waals surface area contributed by atoms with Crippen molar-refractivity contribution in [3.63, 3.8) is 0 Å². The van der Waals surface area contributed by atoms with Gasteiger partial charge in [-0.2, -0.15) is 18.3 Å². The predicted octanol–water partition coefficient (Wildman–Crippen LogP) is 6.58. The highest BCUT2D eigenvalue weighted by Crippen LogP contribution is 2.47. The number of anilines is 3. The van der Waals surface area contributed by atoms with Crippen molar-refractivity contribution in [1.82, 2.24) is 30.4 Å². The number of amides is 2. The minimum atomic E-state index is -4.21. The van der Waals surface area contributed by atoms with Crippen LogP contribution in [0.2, 0.25) is 10.0 Å². The minimum absolute atomic E-state index is 0.00811. The molecule has 10 nitrogen and oxygen atoms in total. The molecule has 2 unspecified atom stereocenters. The Labute approximate surface area is 278 Å². The van der Waals surface area contributed by atoms with Gasteiger partial charge in [0.05, 0.1) is 55.7 Å². The maximum atomic E-state index is 13.7. The van der Waals surface area contributed by atoms with Gasteiger partial charge in [0.15, 0.2) is 0 Å². The van der Waals surface area contributed by atoms with Gasteiger partial charge >= 0.3 is 6.18 Å². The van der Waals surface area contributed by atoms with Gasteiger partial charge < -0.3 is 25.4 Å². The average molecular weight is 690 g/mol. The molecule has 2 saturated carbocycles. The van der Waals surface area contributed by atoms with E-state index in [4.69, 9.17) is 28.2 Å². The molecular formula is C32H33Cl2F3N8O2. The summed E-state index contributed by atoms with van der Waals surface area (Å²) in [7, 11) is 1.85. The molecule has 0 bridgehead atoms. The van der Waals surface area contributed by atoms with E-state index in [-0.39, 0.29) is 50.1 Å². The molecular weight excluding hydrogens is 656 g/mol. The second kappa shape index (κ2) is 12.2. The third-order valence-electron chi connectivity index (χ3n) is 9.70. The number of hydrogen-bond donors (Lipinski definition) is 4. The third kappa shape index (κ3) is 6.34. The normalized spacial score (nSPS) is 22.3. The Morgan fingerprint density at radius 1 is 1.06 bits per heavy atom. The number of carbonyl (C=O) groups is 2. The molecule has 2 amide bonds.